The molecule has 0 spiro atoms. The van der Waals surface area contributed by atoms with Crippen molar-refractivity contribution in [2.75, 3.05) is 5.88 Å². The van der Waals surface area contributed by atoms with Crippen LogP contribution in [0, 0.1) is 10.1 Å². The van der Waals surface area contributed by atoms with Gasteiger partial charge in [-0.15, -0.1) is 11.6 Å². The van der Waals surface area contributed by atoms with Crippen molar-refractivity contribution in [2.24, 2.45) is 5.16 Å². The van der Waals surface area contributed by atoms with E-state index < -0.39 is 10.9 Å². The van der Waals surface area contributed by atoms with Crippen LogP contribution in [0.15, 0.2) is 35.0 Å². The highest BCUT2D eigenvalue weighted by molar-refractivity contribution is 6.38. The highest BCUT2D eigenvalue weighted by atomic mass is 35.5. The molecule has 7 heteroatoms. The number of benzene rings is 1. The Morgan fingerprint density at radius 2 is 2.06 bits per heavy atom. The molecule has 1 aliphatic rings. The van der Waals surface area contributed by atoms with Crippen molar-refractivity contribution in [3.05, 3.63) is 45.5 Å². The van der Waals surface area contributed by atoms with E-state index in [0.29, 0.717) is 11.3 Å². The van der Waals surface area contributed by atoms with Crippen molar-refractivity contribution >= 4 is 35.0 Å². The van der Waals surface area contributed by atoms with E-state index in [9.17, 15) is 14.9 Å². The normalized spacial score (nSPS) is 16.6. The number of oxime groups is 1. The van der Waals surface area contributed by atoms with Gasteiger partial charge in [0.25, 0.3) is 5.69 Å². The lowest BCUT2D eigenvalue weighted by Gasteiger charge is -1.96. The zero-order chi connectivity index (χ0) is 13.1. The smallest absolute Gasteiger partial charge is 0.312 e. The van der Waals surface area contributed by atoms with Crippen molar-refractivity contribution in [2.45, 2.75) is 0 Å². The Labute approximate surface area is 107 Å². The van der Waals surface area contributed by atoms with Crippen LogP contribution in [-0.4, -0.2) is 22.5 Å². The van der Waals surface area contributed by atoms with Crippen molar-refractivity contribution in [3.8, 4) is 0 Å². The summed E-state index contributed by atoms with van der Waals surface area (Å²) in [5, 5.41) is 14.0. The van der Waals surface area contributed by atoms with Crippen LogP contribution >= 0.6 is 11.6 Å². The summed E-state index contributed by atoms with van der Waals surface area (Å²) in [6.07, 6.45) is 1.53. The zero-order valence-corrected chi connectivity index (χ0v) is 9.76. The van der Waals surface area contributed by atoms with Gasteiger partial charge < -0.3 is 4.84 Å². The van der Waals surface area contributed by atoms with Crippen LogP contribution in [0.2, 0.25) is 0 Å². The second-order valence-electron chi connectivity index (χ2n) is 3.46. The standard InChI is InChI=1S/C11H7ClN2O4/c12-6-10-9(11(15)18-13-10)5-7-1-3-8(4-2-7)14(16)17/h1-5H,6H2/b9-5-. The van der Waals surface area contributed by atoms with E-state index in [4.69, 9.17) is 11.6 Å². The average molecular weight is 267 g/mol. The topological polar surface area (TPSA) is 81.8 Å². The van der Waals surface area contributed by atoms with Crippen LogP contribution in [-0.2, 0) is 9.63 Å². The first-order chi connectivity index (χ1) is 8.61. The van der Waals surface area contributed by atoms with Crippen LogP contribution < -0.4 is 0 Å². The molecule has 2 rings (SSSR count). The molecule has 0 atom stereocenters. The molecule has 1 aliphatic heterocycles. The largest absolute Gasteiger partial charge is 0.367 e. The third kappa shape index (κ3) is 2.38. The summed E-state index contributed by atoms with van der Waals surface area (Å²) in [6, 6.07) is 5.76. The predicted molar refractivity (Wildman–Crippen MR) is 65.3 cm³/mol. The summed E-state index contributed by atoms with van der Waals surface area (Å²) >= 11 is 5.61. The molecule has 0 aromatic heterocycles. The lowest BCUT2D eigenvalue weighted by atomic mass is 10.1. The molecule has 0 N–H and O–H groups in total. The van der Waals surface area contributed by atoms with E-state index in [0.717, 1.165) is 0 Å². The zero-order valence-electron chi connectivity index (χ0n) is 9.00. The minimum absolute atomic E-state index is 0.0163. The van der Waals surface area contributed by atoms with Gasteiger partial charge in [-0.25, -0.2) is 4.79 Å². The monoisotopic (exact) mass is 266 g/mol. The highest BCUT2D eigenvalue weighted by Gasteiger charge is 2.24. The lowest BCUT2D eigenvalue weighted by molar-refractivity contribution is -0.384. The van der Waals surface area contributed by atoms with E-state index in [2.05, 4.69) is 9.99 Å². The van der Waals surface area contributed by atoms with Crippen LogP contribution in [0.4, 0.5) is 5.69 Å². The van der Waals surface area contributed by atoms with E-state index in [-0.39, 0.29) is 17.1 Å². The second-order valence-corrected chi connectivity index (χ2v) is 3.72. The molecule has 1 heterocycles. The van der Waals surface area contributed by atoms with Gasteiger partial charge in [0, 0.05) is 12.1 Å². The van der Waals surface area contributed by atoms with Gasteiger partial charge in [0.1, 0.15) is 5.71 Å². The summed E-state index contributed by atoms with van der Waals surface area (Å²) in [5.74, 6) is -0.520. The van der Waals surface area contributed by atoms with Crippen molar-refractivity contribution in [1.29, 1.82) is 0 Å². The Bertz CT molecular complexity index is 563. The molecule has 1 aromatic carbocycles. The summed E-state index contributed by atoms with van der Waals surface area (Å²) in [4.78, 5) is 25.8. The quantitative estimate of drug-likeness (QED) is 0.276. The molecule has 18 heavy (non-hydrogen) atoms. The maximum absolute atomic E-state index is 11.4. The number of alkyl halides is 1. The molecule has 92 valence electrons. The Morgan fingerprint density at radius 3 is 2.61 bits per heavy atom. The van der Waals surface area contributed by atoms with Gasteiger partial charge in [-0.05, 0) is 23.8 Å². The Hall–Kier alpha value is -2.21. The fraction of sp³-hybridized carbons (Fsp3) is 0.0909. The SMILES string of the molecule is O=C1ON=C(CCl)/C1=C/c1ccc([N+](=O)[O-])cc1. The van der Waals surface area contributed by atoms with Gasteiger partial charge in [0.15, 0.2) is 0 Å². The number of hydrogen-bond acceptors (Lipinski definition) is 5. The maximum Gasteiger partial charge on any atom is 0.367 e. The number of nitro groups is 1. The third-order valence-electron chi connectivity index (χ3n) is 2.31. The number of carbonyl (C=O) groups excluding carboxylic acids is 1. The molecule has 0 aliphatic carbocycles. The number of nitrogens with zero attached hydrogens (tertiary/aromatic N) is 2. The van der Waals surface area contributed by atoms with E-state index in [1.807, 2.05) is 0 Å². The average Bonchev–Trinajstić information content (AvgIpc) is 2.71. The molecule has 0 radical (unpaired) electrons. The summed E-state index contributed by atoms with van der Waals surface area (Å²) in [5.41, 5.74) is 1.23. The van der Waals surface area contributed by atoms with Gasteiger partial charge >= 0.3 is 5.97 Å². The molecule has 1 aromatic rings. The maximum atomic E-state index is 11.4. The molecule has 0 fully saturated rings. The van der Waals surface area contributed by atoms with E-state index in [1.54, 1.807) is 0 Å². The lowest BCUT2D eigenvalue weighted by Crippen LogP contribution is -2.06. The Morgan fingerprint density at radius 1 is 1.39 bits per heavy atom. The number of halogens is 1. The summed E-state index contributed by atoms with van der Waals surface area (Å²) in [7, 11) is 0. The highest BCUT2D eigenvalue weighted by Crippen LogP contribution is 2.18. The van der Waals surface area contributed by atoms with Gasteiger partial charge in [0.2, 0.25) is 0 Å². The number of carbonyl (C=O) groups is 1. The van der Waals surface area contributed by atoms with Crippen LogP contribution in [0.25, 0.3) is 6.08 Å². The molecule has 6 nitrogen and oxygen atoms in total. The third-order valence-corrected chi connectivity index (χ3v) is 2.56. The minimum atomic E-state index is -0.580. The molecule has 0 bridgehead atoms. The van der Waals surface area contributed by atoms with E-state index >= 15 is 0 Å². The molecular weight excluding hydrogens is 260 g/mol. The van der Waals surface area contributed by atoms with Crippen LogP contribution in [0.5, 0.6) is 0 Å². The first-order valence-electron chi connectivity index (χ1n) is 4.92. The molecular formula is C11H7ClN2O4. The summed E-state index contributed by atoms with van der Waals surface area (Å²) in [6.45, 7) is 0. The van der Waals surface area contributed by atoms with Gasteiger partial charge in [-0.1, -0.05) is 5.16 Å². The van der Waals surface area contributed by atoms with E-state index in [1.165, 1.54) is 30.3 Å². The molecule has 0 saturated carbocycles. The molecule has 0 saturated heterocycles. The minimum Gasteiger partial charge on any atom is -0.312 e. The van der Waals surface area contributed by atoms with Gasteiger partial charge in [-0.2, -0.15) is 0 Å². The molecule has 0 unspecified atom stereocenters. The van der Waals surface area contributed by atoms with Gasteiger partial charge in [0.05, 0.1) is 16.4 Å². The molecule has 0 amide bonds. The van der Waals surface area contributed by atoms with Crippen molar-refractivity contribution < 1.29 is 14.6 Å². The number of rotatable bonds is 3. The first kappa shape index (κ1) is 12.3. The van der Waals surface area contributed by atoms with Crippen LogP contribution in [0.3, 0.4) is 0 Å². The van der Waals surface area contributed by atoms with Gasteiger partial charge in [-0.3, -0.25) is 10.1 Å². The van der Waals surface area contributed by atoms with Crippen molar-refractivity contribution in [1.82, 2.24) is 0 Å². The van der Waals surface area contributed by atoms with Crippen molar-refractivity contribution in [3.63, 3.8) is 0 Å². The summed E-state index contributed by atoms with van der Waals surface area (Å²) < 4.78 is 0. The predicted octanol–water partition coefficient (Wildman–Crippen LogP) is 2.13. The fourth-order valence-electron chi connectivity index (χ4n) is 1.41. The number of hydrogen-bond donors (Lipinski definition) is 0. The first-order valence-corrected chi connectivity index (χ1v) is 5.46. The number of non-ortho nitro benzene ring substituents is 1. The van der Waals surface area contributed by atoms with Crippen LogP contribution in [0.1, 0.15) is 5.56 Å². The Balaban J connectivity index is 2.30. The fourth-order valence-corrected chi connectivity index (χ4v) is 1.60. The number of nitro benzene ring substituents is 1. The Kier molecular flexibility index (Phi) is 3.38. The second kappa shape index (κ2) is 4.97.